The smallest absolute Gasteiger partial charge is 0.0861 e. The van der Waals surface area contributed by atoms with Gasteiger partial charge in [0.25, 0.3) is 0 Å². The molecule has 0 unspecified atom stereocenters. The number of aliphatic hydroxyl groups is 1. The summed E-state index contributed by atoms with van der Waals surface area (Å²) in [7, 11) is 0. The molecule has 6 atom stereocenters. The lowest BCUT2D eigenvalue weighted by Gasteiger charge is -2.59. The fourth-order valence-corrected chi connectivity index (χ4v) is 7.21. The zero-order valence-electron chi connectivity index (χ0n) is 20.9. The maximum absolute atomic E-state index is 9.94. The second-order valence-electron chi connectivity index (χ2n) is 11.5. The summed E-state index contributed by atoms with van der Waals surface area (Å²) in [6, 6.07) is 17.9. The van der Waals surface area contributed by atoms with Gasteiger partial charge in [-0.3, -0.25) is 0 Å². The molecule has 4 rings (SSSR count). The van der Waals surface area contributed by atoms with E-state index in [9.17, 15) is 5.11 Å². The standard InChI is InChI=1S/C30H42O2/c1-20-12-13-23-14-15-27-29(4,5)25(16-17-30(27,6)26(23)18-20)28(24-10-8-7-9-11-24)32-22(3)19-21(2)31/h7-13,18,21-22,25,27-28,31H,14-17,19H2,1-6H3/t21-,22-,25-,27+,28+,30-/m1/s1. The minimum absolute atomic E-state index is 0.0269. The van der Waals surface area contributed by atoms with Crippen molar-refractivity contribution in [2.24, 2.45) is 17.3 Å². The summed E-state index contributed by atoms with van der Waals surface area (Å²) >= 11 is 0. The number of hydrogen-bond donors (Lipinski definition) is 1. The van der Waals surface area contributed by atoms with Gasteiger partial charge in [0.1, 0.15) is 0 Å². The van der Waals surface area contributed by atoms with Crippen LogP contribution in [0.15, 0.2) is 48.5 Å². The molecule has 0 aliphatic heterocycles. The van der Waals surface area contributed by atoms with Crippen LogP contribution in [0.5, 0.6) is 0 Å². The maximum Gasteiger partial charge on any atom is 0.0861 e. The zero-order valence-corrected chi connectivity index (χ0v) is 20.9. The Morgan fingerprint density at radius 3 is 2.44 bits per heavy atom. The molecule has 2 aliphatic carbocycles. The minimum atomic E-state index is -0.345. The molecule has 0 heterocycles. The van der Waals surface area contributed by atoms with Gasteiger partial charge in [0, 0.05) is 0 Å². The Bertz CT molecular complexity index is 916. The summed E-state index contributed by atoms with van der Waals surface area (Å²) in [4.78, 5) is 0. The molecule has 2 aliphatic rings. The van der Waals surface area contributed by atoms with E-state index in [0.717, 1.165) is 6.42 Å². The summed E-state index contributed by atoms with van der Waals surface area (Å²) in [5, 5.41) is 9.94. The molecule has 1 fully saturated rings. The van der Waals surface area contributed by atoms with E-state index in [1.54, 1.807) is 11.1 Å². The van der Waals surface area contributed by atoms with Gasteiger partial charge in [0.05, 0.1) is 18.3 Å². The highest BCUT2D eigenvalue weighted by atomic mass is 16.5. The highest BCUT2D eigenvalue weighted by Crippen LogP contribution is 2.62. The van der Waals surface area contributed by atoms with Crippen molar-refractivity contribution in [3.8, 4) is 0 Å². The number of aryl methyl sites for hydroxylation is 2. The fourth-order valence-electron chi connectivity index (χ4n) is 7.21. The third-order valence-corrected chi connectivity index (χ3v) is 8.73. The number of fused-ring (bicyclic) bond motifs is 3. The Morgan fingerprint density at radius 1 is 1.03 bits per heavy atom. The molecule has 1 saturated carbocycles. The van der Waals surface area contributed by atoms with Crippen LogP contribution in [0.2, 0.25) is 0 Å². The first-order valence-corrected chi connectivity index (χ1v) is 12.6. The zero-order chi connectivity index (χ0) is 23.1. The van der Waals surface area contributed by atoms with Crippen LogP contribution in [0.3, 0.4) is 0 Å². The van der Waals surface area contributed by atoms with E-state index in [-0.39, 0.29) is 29.1 Å². The molecule has 0 saturated heterocycles. The van der Waals surface area contributed by atoms with Gasteiger partial charge in [0.15, 0.2) is 0 Å². The SMILES string of the molecule is Cc1ccc2c(c1)[C@@]1(C)CC[C@H]([C@@H](O[C@H](C)C[C@@H](C)O)c3ccccc3)C(C)(C)[C@@H]1CC2. The van der Waals surface area contributed by atoms with Gasteiger partial charge < -0.3 is 9.84 Å². The number of ether oxygens (including phenoxy) is 1. The molecule has 0 aromatic heterocycles. The monoisotopic (exact) mass is 434 g/mol. The van der Waals surface area contributed by atoms with Crippen LogP contribution in [0.1, 0.15) is 88.7 Å². The molecule has 2 aromatic carbocycles. The Balaban J connectivity index is 1.69. The average Bonchev–Trinajstić information content (AvgIpc) is 2.73. The van der Waals surface area contributed by atoms with E-state index < -0.39 is 0 Å². The van der Waals surface area contributed by atoms with Gasteiger partial charge in [-0.15, -0.1) is 0 Å². The third-order valence-electron chi connectivity index (χ3n) is 8.73. The largest absolute Gasteiger partial charge is 0.393 e. The molecule has 0 spiro atoms. The topological polar surface area (TPSA) is 29.5 Å². The molecule has 0 bridgehead atoms. The Kier molecular flexibility index (Phi) is 6.58. The van der Waals surface area contributed by atoms with Gasteiger partial charge in [-0.1, -0.05) is 74.9 Å². The quantitative estimate of drug-likeness (QED) is 0.522. The third kappa shape index (κ3) is 4.29. The lowest BCUT2D eigenvalue weighted by molar-refractivity contribution is -0.123. The van der Waals surface area contributed by atoms with Crippen molar-refractivity contribution < 1.29 is 9.84 Å². The van der Waals surface area contributed by atoms with E-state index in [1.165, 1.54) is 30.4 Å². The fraction of sp³-hybridized carbons (Fsp3) is 0.600. The van der Waals surface area contributed by atoms with Crippen molar-refractivity contribution >= 4 is 0 Å². The number of rotatable bonds is 6. The van der Waals surface area contributed by atoms with E-state index in [1.807, 2.05) is 6.92 Å². The first-order valence-electron chi connectivity index (χ1n) is 12.6. The van der Waals surface area contributed by atoms with Gasteiger partial charge >= 0.3 is 0 Å². The molecule has 0 amide bonds. The van der Waals surface area contributed by atoms with Crippen molar-refractivity contribution in [1.29, 1.82) is 0 Å². The van der Waals surface area contributed by atoms with Gasteiger partial charge in [-0.05, 0) is 92.2 Å². The van der Waals surface area contributed by atoms with Crippen molar-refractivity contribution in [3.63, 3.8) is 0 Å². The van der Waals surface area contributed by atoms with Crippen LogP contribution in [0.4, 0.5) is 0 Å². The van der Waals surface area contributed by atoms with Crippen molar-refractivity contribution in [1.82, 2.24) is 0 Å². The normalized spacial score (nSPS) is 29.5. The minimum Gasteiger partial charge on any atom is -0.393 e. The number of hydrogen-bond acceptors (Lipinski definition) is 2. The van der Waals surface area contributed by atoms with Crippen LogP contribution in [-0.2, 0) is 16.6 Å². The Hall–Kier alpha value is -1.64. The Labute approximate surface area is 195 Å². The molecule has 32 heavy (non-hydrogen) atoms. The van der Waals surface area contributed by atoms with E-state index in [2.05, 4.69) is 83.1 Å². The van der Waals surface area contributed by atoms with Gasteiger partial charge in [0.2, 0.25) is 0 Å². The van der Waals surface area contributed by atoms with Gasteiger partial charge in [-0.2, -0.15) is 0 Å². The first kappa shape index (κ1) is 23.5. The Morgan fingerprint density at radius 2 is 1.75 bits per heavy atom. The van der Waals surface area contributed by atoms with Crippen LogP contribution in [0, 0.1) is 24.2 Å². The lowest BCUT2D eigenvalue weighted by atomic mass is 9.46. The van der Waals surface area contributed by atoms with E-state index in [4.69, 9.17) is 4.74 Å². The number of aliphatic hydroxyl groups excluding tert-OH is 1. The van der Waals surface area contributed by atoms with E-state index in [0.29, 0.717) is 18.3 Å². The maximum atomic E-state index is 9.94. The molecule has 1 N–H and O–H groups in total. The molecule has 2 aromatic rings. The molecule has 2 heteroatoms. The molecule has 0 radical (unpaired) electrons. The van der Waals surface area contributed by atoms with Crippen molar-refractivity contribution in [2.75, 3.05) is 0 Å². The summed E-state index contributed by atoms with van der Waals surface area (Å²) in [5.74, 6) is 1.08. The average molecular weight is 435 g/mol. The second-order valence-corrected chi connectivity index (χ2v) is 11.5. The molecule has 174 valence electrons. The van der Waals surface area contributed by atoms with Crippen molar-refractivity contribution in [3.05, 3.63) is 70.8 Å². The summed E-state index contributed by atoms with van der Waals surface area (Å²) in [6.07, 6.45) is 5.21. The lowest BCUT2D eigenvalue weighted by Crippen LogP contribution is -2.53. The van der Waals surface area contributed by atoms with Crippen molar-refractivity contribution in [2.45, 2.75) is 97.4 Å². The predicted octanol–water partition coefficient (Wildman–Crippen LogP) is 7.17. The highest BCUT2D eigenvalue weighted by Gasteiger charge is 2.55. The summed E-state index contributed by atoms with van der Waals surface area (Å²) < 4.78 is 6.76. The summed E-state index contributed by atoms with van der Waals surface area (Å²) in [5.41, 5.74) is 6.19. The first-order chi connectivity index (χ1) is 15.1. The molecule has 2 nitrogen and oxygen atoms in total. The van der Waals surface area contributed by atoms with Crippen LogP contribution < -0.4 is 0 Å². The predicted molar refractivity (Wildman–Crippen MR) is 133 cm³/mol. The summed E-state index contributed by atoms with van der Waals surface area (Å²) in [6.45, 7) is 13.7. The van der Waals surface area contributed by atoms with Crippen LogP contribution >= 0.6 is 0 Å². The molecular formula is C30H42O2. The van der Waals surface area contributed by atoms with Crippen LogP contribution in [0.25, 0.3) is 0 Å². The number of benzene rings is 2. The highest BCUT2D eigenvalue weighted by molar-refractivity contribution is 5.41. The second kappa shape index (κ2) is 8.95. The van der Waals surface area contributed by atoms with E-state index >= 15 is 0 Å². The molecular weight excluding hydrogens is 392 g/mol. The van der Waals surface area contributed by atoms with Gasteiger partial charge in [-0.25, -0.2) is 0 Å². The van der Waals surface area contributed by atoms with Crippen LogP contribution in [-0.4, -0.2) is 17.3 Å².